The van der Waals surface area contributed by atoms with Crippen molar-refractivity contribution < 1.29 is 0 Å². The molecule has 0 aliphatic rings. The molecular weight excluding hydrogens is 296 g/mol. The largest absolute Gasteiger partial charge is 0.325 e. The smallest absolute Gasteiger partial charge is 0.140 e. The normalized spacial score (nSPS) is 11.2. The van der Waals surface area contributed by atoms with Crippen molar-refractivity contribution in [1.82, 2.24) is 18.9 Å². The molecule has 0 atom stereocenters. The molecule has 4 nitrogen and oxygen atoms in total. The number of rotatable bonds is 5. The first-order valence-corrected chi connectivity index (χ1v) is 8.29. The Bertz CT molecular complexity index is 950. The zero-order valence-corrected chi connectivity index (χ0v) is 13.7. The summed E-state index contributed by atoms with van der Waals surface area (Å²) in [5.74, 6) is 0.950. The van der Waals surface area contributed by atoms with Gasteiger partial charge in [0.25, 0.3) is 0 Å². The Morgan fingerprint density at radius 1 is 1.12 bits per heavy atom. The van der Waals surface area contributed by atoms with Crippen LogP contribution in [0.2, 0.25) is 0 Å². The lowest BCUT2D eigenvalue weighted by molar-refractivity contribution is 0.759. The van der Waals surface area contributed by atoms with Crippen LogP contribution < -0.4 is 0 Å². The second-order valence-electron chi connectivity index (χ2n) is 5.85. The zero-order chi connectivity index (χ0) is 16.4. The Hall–Kier alpha value is -2.88. The maximum Gasteiger partial charge on any atom is 0.140 e. The predicted molar refractivity (Wildman–Crippen MR) is 94.8 cm³/mol. The molecule has 119 valence electrons. The fourth-order valence-electron chi connectivity index (χ4n) is 3.11. The highest BCUT2D eigenvalue weighted by Crippen LogP contribution is 2.20. The average Bonchev–Trinajstić information content (AvgIpc) is 3.22. The highest BCUT2D eigenvalue weighted by molar-refractivity contribution is 5.55. The van der Waals surface area contributed by atoms with E-state index in [1.807, 2.05) is 36.7 Å². The van der Waals surface area contributed by atoms with E-state index in [9.17, 15) is 0 Å². The fraction of sp³-hybridized carbons (Fsp3) is 0.200. The van der Waals surface area contributed by atoms with Crippen LogP contribution in [0.5, 0.6) is 0 Å². The molecule has 4 aromatic rings. The van der Waals surface area contributed by atoms with E-state index in [1.54, 1.807) is 0 Å². The number of hydrogen-bond acceptors (Lipinski definition) is 2. The van der Waals surface area contributed by atoms with E-state index < -0.39 is 0 Å². The predicted octanol–water partition coefficient (Wildman–Crippen LogP) is 4.00. The maximum atomic E-state index is 4.85. The van der Waals surface area contributed by atoms with Gasteiger partial charge in [-0.05, 0) is 30.7 Å². The minimum absolute atomic E-state index is 0.723. The summed E-state index contributed by atoms with van der Waals surface area (Å²) >= 11 is 0. The minimum atomic E-state index is 0.723. The van der Waals surface area contributed by atoms with Crippen LogP contribution in [-0.2, 0) is 13.0 Å². The van der Waals surface area contributed by atoms with Crippen LogP contribution in [0.1, 0.15) is 24.7 Å². The molecule has 4 rings (SSSR count). The van der Waals surface area contributed by atoms with Gasteiger partial charge in [-0.1, -0.05) is 37.6 Å². The molecule has 0 N–H and O–H groups in total. The number of fused-ring (bicyclic) bond motifs is 1. The van der Waals surface area contributed by atoms with Crippen LogP contribution in [0.4, 0.5) is 0 Å². The van der Waals surface area contributed by atoms with Crippen LogP contribution in [0.3, 0.4) is 0 Å². The molecule has 24 heavy (non-hydrogen) atoms. The molecule has 3 aromatic heterocycles. The van der Waals surface area contributed by atoms with E-state index in [2.05, 4.69) is 51.3 Å². The SMILES string of the molecule is CCCc1c(Cn2ccnc2-c2c[c]ccc2)nc2ccccn12. The van der Waals surface area contributed by atoms with Crippen molar-refractivity contribution in [2.75, 3.05) is 0 Å². The number of benzene rings is 1. The van der Waals surface area contributed by atoms with Crippen molar-refractivity contribution in [3.8, 4) is 11.4 Å². The van der Waals surface area contributed by atoms with Gasteiger partial charge in [-0.2, -0.15) is 0 Å². The molecule has 0 saturated carbocycles. The van der Waals surface area contributed by atoms with Gasteiger partial charge in [-0.3, -0.25) is 0 Å². The number of aryl methyl sites for hydroxylation is 1. The molecule has 1 aromatic carbocycles. The molecule has 0 aliphatic carbocycles. The molecule has 4 heteroatoms. The Labute approximate surface area is 141 Å². The standard InChI is InChI=1S/C20H19N4/c1-2-8-18-17(22-19-11-6-7-13-24(18)19)15-23-14-12-21-20(23)16-9-4-3-5-10-16/h3-4,6-7,9-14H,2,8,15H2,1H3. The first-order chi connectivity index (χ1) is 11.9. The monoisotopic (exact) mass is 315 g/mol. The fourth-order valence-corrected chi connectivity index (χ4v) is 3.11. The first kappa shape index (κ1) is 14.7. The van der Waals surface area contributed by atoms with Crippen molar-refractivity contribution in [2.24, 2.45) is 0 Å². The molecule has 0 spiro atoms. The van der Waals surface area contributed by atoms with Gasteiger partial charge < -0.3 is 8.97 Å². The molecule has 3 heterocycles. The van der Waals surface area contributed by atoms with E-state index in [0.29, 0.717) is 0 Å². The molecule has 0 saturated heterocycles. The van der Waals surface area contributed by atoms with E-state index in [1.165, 1.54) is 5.69 Å². The molecule has 0 amide bonds. The second-order valence-corrected chi connectivity index (χ2v) is 5.85. The molecular formula is C20H19N4. The number of pyridine rings is 1. The van der Waals surface area contributed by atoms with Crippen LogP contribution in [0, 0.1) is 6.07 Å². The van der Waals surface area contributed by atoms with Crippen molar-refractivity contribution in [3.63, 3.8) is 0 Å². The van der Waals surface area contributed by atoms with Crippen LogP contribution >= 0.6 is 0 Å². The van der Waals surface area contributed by atoms with Gasteiger partial charge >= 0.3 is 0 Å². The lowest BCUT2D eigenvalue weighted by Gasteiger charge is -2.08. The summed E-state index contributed by atoms with van der Waals surface area (Å²) in [6, 6.07) is 17.2. The summed E-state index contributed by atoms with van der Waals surface area (Å²) in [4.78, 5) is 9.37. The van der Waals surface area contributed by atoms with Gasteiger partial charge in [0.15, 0.2) is 0 Å². The topological polar surface area (TPSA) is 35.1 Å². The summed E-state index contributed by atoms with van der Waals surface area (Å²) in [5.41, 5.74) is 4.48. The molecule has 0 bridgehead atoms. The van der Waals surface area contributed by atoms with Crippen molar-refractivity contribution in [2.45, 2.75) is 26.3 Å². The highest BCUT2D eigenvalue weighted by Gasteiger charge is 2.14. The Morgan fingerprint density at radius 3 is 2.92 bits per heavy atom. The lowest BCUT2D eigenvalue weighted by Crippen LogP contribution is -2.05. The van der Waals surface area contributed by atoms with E-state index in [4.69, 9.17) is 4.98 Å². The average molecular weight is 315 g/mol. The van der Waals surface area contributed by atoms with Crippen molar-refractivity contribution in [3.05, 3.63) is 78.5 Å². The highest BCUT2D eigenvalue weighted by atomic mass is 15.1. The number of imidazole rings is 2. The van der Waals surface area contributed by atoms with Gasteiger partial charge in [-0.25, -0.2) is 9.97 Å². The molecule has 0 unspecified atom stereocenters. The minimum Gasteiger partial charge on any atom is -0.325 e. The van der Waals surface area contributed by atoms with E-state index in [0.717, 1.165) is 42.1 Å². The van der Waals surface area contributed by atoms with Gasteiger partial charge in [0.1, 0.15) is 11.5 Å². The summed E-state index contributed by atoms with van der Waals surface area (Å²) in [6.07, 6.45) is 8.07. The lowest BCUT2D eigenvalue weighted by atomic mass is 10.2. The molecule has 1 radical (unpaired) electrons. The number of hydrogen-bond donors (Lipinski definition) is 0. The van der Waals surface area contributed by atoms with Crippen molar-refractivity contribution in [1.29, 1.82) is 0 Å². The summed E-state index contributed by atoms with van der Waals surface area (Å²) < 4.78 is 4.36. The van der Waals surface area contributed by atoms with E-state index in [-0.39, 0.29) is 0 Å². The van der Waals surface area contributed by atoms with Crippen molar-refractivity contribution >= 4 is 5.65 Å². The summed E-state index contributed by atoms with van der Waals surface area (Å²) in [5, 5.41) is 0. The Kier molecular flexibility index (Phi) is 3.87. The van der Waals surface area contributed by atoms with E-state index >= 15 is 0 Å². The number of aromatic nitrogens is 4. The quantitative estimate of drug-likeness (QED) is 0.558. The van der Waals surface area contributed by atoms with Gasteiger partial charge in [0.2, 0.25) is 0 Å². The Balaban J connectivity index is 1.76. The summed E-state index contributed by atoms with van der Waals surface area (Å²) in [6.45, 7) is 2.93. The third-order valence-corrected chi connectivity index (χ3v) is 4.20. The van der Waals surface area contributed by atoms with Gasteiger partial charge in [0, 0.05) is 29.8 Å². The third kappa shape index (κ3) is 2.60. The second kappa shape index (κ2) is 6.32. The zero-order valence-electron chi connectivity index (χ0n) is 13.7. The summed E-state index contributed by atoms with van der Waals surface area (Å²) in [7, 11) is 0. The molecule has 0 fully saturated rings. The maximum absolute atomic E-state index is 4.85. The Morgan fingerprint density at radius 2 is 2.08 bits per heavy atom. The molecule has 0 aliphatic heterocycles. The van der Waals surface area contributed by atoms with Crippen LogP contribution in [0.15, 0.2) is 61.1 Å². The van der Waals surface area contributed by atoms with Gasteiger partial charge in [0.05, 0.1) is 12.2 Å². The van der Waals surface area contributed by atoms with Crippen LogP contribution in [0.25, 0.3) is 17.0 Å². The van der Waals surface area contributed by atoms with Crippen LogP contribution in [-0.4, -0.2) is 18.9 Å². The van der Waals surface area contributed by atoms with Gasteiger partial charge in [-0.15, -0.1) is 0 Å². The number of nitrogens with zero attached hydrogens (tertiary/aromatic N) is 4. The third-order valence-electron chi connectivity index (χ3n) is 4.20. The first-order valence-electron chi connectivity index (χ1n) is 8.29.